The molecule has 2 aromatic carbocycles. The Morgan fingerprint density at radius 2 is 1.18 bits per heavy atom. The van der Waals surface area contributed by atoms with Crippen molar-refractivity contribution in [2.45, 2.75) is 51.0 Å². The molecule has 0 aliphatic rings. The summed E-state index contributed by atoms with van der Waals surface area (Å²) in [5.74, 6) is -2.58. The summed E-state index contributed by atoms with van der Waals surface area (Å²) >= 11 is 0. The molecule has 0 aliphatic heterocycles. The molecule has 0 spiro atoms. The molecule has 186 valence electrons. The van der Waals surface area contributed by atoms with Gasteiger partial charge < -0.3 is 26.7 Å². The Morgan fingerprint density at radius 3 is 1.68 bits per heavy atom. The molecule has 0 bridgehead atoms. The normalized spacial score (nSPS) is 13.1. The van der Waals surface area contributed by atoms with E-state index in [1.807, 2.05) is 60.7 Å². The van der Waals surface area contributed by atoms with Gasteiger partial charge in [-0.3, -0.25) is 14.4 Å². The number of benzene rings is 2. The van der Waals surface area contributed by atoms with E-state index in [0.717, 1.165) is 11.1 Å². The molecule has 0 amide bonds. The van der Waals surface area contributed by atoms with E-state index >= 15 is 0 Å². The number of hydrogen-bond donors (Lipinski definition) is 3. The topological polar surface area (TPSA) is 148 Å². The molecule has 6 N–H and O–H groups in total. The number of halogens is 1. The molecule has 0 radical (unpaired) electrons. The summed E-state index contributed by atoms with van der Waals surface area (Å²) in [6.07, 6.45) is 1.19. The molecule has 3 atom stereocenters. The first-order valence-corrected chi connectivity index (χ1v) is 11.1. The largest absolute Gasteiger partial charge is 0.460 e. The molecule has 0 heterocycles. The lowest BCUT2D eigenvalue weighted by Crippen LogP contribution is -2.41. The van der Waals surface area contributed by atoms with Crippen LogP contribution in [0.15, 0.2) is 60.7 Å². The van der Waals surface area contributed by atoms with Crippen molar-refractivity contribution in [2.75, 3.05) is 6.54 Å². The van der Waals surface area contributed by atoms with Crippen LogP contribution >= 0.6 is 12.4 Å². The number of hydrogen-bond acceptors (Lipinski definition) is 8. The molecule has 34 heavy (non-hydrogen) atoms. The van der Waals surface area contributed by atoms with Gasteiger partial charge in [-0.25, -0.2) is 0 Å². The molecule has 2 aromatic rings. The van der Waals surface area contributed by atoms with Crippen LogP contribution in [0, 0.1) is 5.92 Å². The summed E-state index contributed by atoms with van der Waals surface area (Å²) in [4.78, 5) is 37.3. The van der Waals surface area contributed by atoms with Gasteiger partial charge in [-0.1, -0.05) is 60.7 Å². The van der Waals surface area contributed by atoms with Crippen molar-refractivity contribution in [1.82, 2.24) is 0 Å². The molecule has 0 aromatic heterocycles. The smallest absolute Gasteiger partial charge is 0.323 e. The molecule has 0 aliphatic carbocycles. The molecular formula is C25H34ClN3O5. The van der Waals surface area contributed by atoms with Crippen LogP contribution in [-0.4, -0.2) is 36.4 Å². The van der Waals surface area contributed by atoms with Crippen LogP contribution in [-0.2, 0) is 37.1 Å². The molecule has 2 unspecified atom stereocenters. The maximum Gasteiger partial charge on any atom is 0.323 e. The van der Waals surface area contributed by atoms with E-state index in [9.17, 15) is 14.4 Å². The molecular weight excluding hydrogens is 458 g/mol. The number of Topliss-reactive ketones (excluding diaryl/α,β-unsaturated/α-hetero) is 1. The average molecular weight is 492 g/mol. The number of carbonyl (C=O) groups excluding carboxylic acids is 3. The standard InChI is InChI=1S/C25H33N3O5.ClH/c26-15-14-20(24(30)32-16-18-8-3-1-4-9-18)23(29)21(27)12-7-13-22(28)25(31)33-17-19-10-5-2-6-11-19;/h1-6,8-11,20-22H,7,12-17,26-28H2;1H/t20?,21-,22?;/m0./s1. The zero-order valence-corrected chi connectivity index (χ0v) is 20.0. The second kappa shape index (κ2) is 16.0. The predicted octanol–water partition coefficient (Wildman–Crippen LogP) is 2.25. The van der Waals surface area contributed by atoms with Crippen molar-refractivity contribution in [1.29, 1.82) is 0 Å². The van der Waals surface area contributed by atoms with Gasteiger partial charge >= 0.3 is 11.9 Å². The maximum atomic E-state index is 12.8. The van der Waals surface area contributed by atoms with E-state index in [4.69, 9.17) is 26.7 Å². The van der Waals surface area contributed by atoms with E-state index in [0.29, 0.717) is 12.8 Å². The van der Waals surface area contributed by atoms with Gasteiger partial charge in [-0.05, 0) is 43.4 Å². The Hall–Kier alpha value is -2.78. The van der Waals surface area contributed by atoms with Gasteiger partial charge in [0.15, 0.2) is 5.78 Å². The highest BCUT2D eigenvalue weighted by Crippen LogP contribution is 2.14. The Morgan fingerprint density at radius 1 is 0.706 bits per heavy atom. The van der Waals surface area contributed by atoms with Gasteiger partial charge in [0.1, 0.15) is 25.2 Å². The average Bonchev–Trinajstić information content (AvgIpc) is 2.85. The zero-order valence-electron chi connectivity index (χ0n) is 19.1. The van der Waals surface area contributed by atoms with E-state index in [1.165, 1.54) is 0 Å². The number of ether oxygens (including phenoxy) is 2. The lowest BCUT2D eigenvalue weighted by molar-refractivity contribution is -0.153. The second-order valence-electron chi connectivity index (χ2n) is 7.86. The van der Waals surface area contributed by atoms with E-state index in [2.05, 4.69) is 0 Å². The first-order valence-electron chi connectivity index (χ1n) is 11.1. The summed E-state index contributed by atoms with van der Waals surface area (Å²) in [7, 11) is 0. The van der Waals surface area contributed by atoms with Crippen LogP contribution in [0.2, 0.25) is 0 Å². The molecule has 8 nitrogen and oxygen atoms in total. The van der Waals surface area contributed by atoms with Crippen LogP contribution in [0.1, 0.15) is 36.8 Å². The van der Waals surface area contributed by atoms with Crippen LogP contribution in [0.4, 0.5) is 0 Å². The summed E-state index contributed by atoms with van der Waals surface area (Å²) in [5, 5.41) is 0. The fraction of sp³-hybridized carbons (Fsp3) is 0.400. The van der Waals surface area contributed by atoms with Gasteiger partial charge in [0, 0.05) is 0 Å². The Balaban J connectivity index is 0.00000578. The SMILES string of the molecule is Cl.NCCC(C(=O)OCc1ccccc1)C(=O)[C@@H](N)CCCC(N)C(=O)OCc1ccccc1. The number of rotatable bonds is 14. The minimum Gasteiger partial charge on any atom is -0.460 e. The van der Waals surface area contributed by atoms with Gasteiger partial charge in [-0.2, -0.15) is 0 Å². The lowest BCUT2D eigenvalue weighted by Gasteiger charge is -2.19. The third-order valence-electron chi connectivity index (χ3n) is 5.23. The monoisotopic (exact) mass is 491 g/mol. The zero-order chi connectivity index (χ0) is 24.1. The molecule has 0 saturated heterocycles. The van der Waals surface area contributed by atoms with Crippen molar-refractivity contribution < 1.29 is 23.9 Å². The molecule has 0 fully saturated rings. The number of esters is 2. The first kappa shape index (κ1) is 29.3. The Kier molecular flexibility index (Phi) is 13.7. The minimum atomic E-state index is -1.02. The third-order valence-corrected chi connectivity index (χ3v) is 5.23. The highest BCUT2D eigenvalue weighted by Gasteiger charge is 2.31. The number of nitrogens with two attached hydrogens (primary N) is 3. The Labute approximate surface area is 206 Å². The predicted molar refractivity (Wildman–Crippen MR) is 132 cm³/mol. The second-order valence-corrected chi connectivity index (χ2v) is 7.86. The fourth-order valence-electron chi connectivity index (χ4n) is 3.28. The summed E-state index contributed by atoms with van der Waals surface area (Å²) < 4.78 is 10.5. The highest BCUT2D eigenvalue weighted by atomic mass is 35.5. The molecule has 2 rings (SSSR count). The van der Waals surface area contributed by atoms with Crippen molar-refractivity contribution in [3.8, 4) is 0 Å². The highest BCUT2D eigenvalue weighted by molar-refractivity contribution is 6.01. The molecule has 9 heteroatoms. The van der Waals surface area contributed by atoms with Crippen molar-refractivity contribution in [3.05, 3.63) is 71.8 Å². The minimum absolute atomic E-state index is 0. The molecule has 0 saturated carbocycles. The van der Waals surface area contributed by atoms with Gasteiger partial charge in [0.05, 0.1) is 6.04 Å². The fourth-order valence-corrected chi connectivity index (χ4v) is 3.28. The quantitative estimate of drug-likeness (QED) is 0.269. The summed E-state index contributed by atoms with van der Waals surface area (Å²) in [6, 6.07) is 16.8. The van der Waals surface area contributed by atoms with Crippen LogP contribution in [0.3, 0.4) is 0 Å². The summed E-state index contributed by atoms with van der Waals surface area (Å²) in [5.41, 5.74) is 19.2. The van der Waals surface area contributed by atoms with Gasteiger partial charge in [0.25, 0.3) is 0 Å². The van der Waals surface area contributed by atoms with E-state index in [1.54, 1.807) is 0 Å². The van der Waals surface area contributed by atoms with Gasteiger partial charge in [-0.15, -0.1) is 12.4 Å². The van der Waals surface area contributed by atoms with Crippen molar-refractivity contribution >= 4 is 30.1 Å². The number of carbonyl (C=O) groups is 3. The first-order chi connectivity index (χ1) is 15.9. The van der Waals surface area contributed by atoms with Crippen LogP contribution in [0.25, 0.3) is 0 Å². The Bertz CT molecular complexity index is 883. The third kappa shape index (κ3) is 10.0. The van der Waals surface area contributed by atoms with Crippen LogP contribution in [0.5, 0.6) is 0 Å². The van der Waals surface area contributed by atoms with Crippen LogP contribution < -0.4 is 17.2 Å². The van der Waals surface area contributed by atoms with E-state index in [-0.39, 0.29) is 45.0 Å². The van der Waals surface area contributed by atoms with Crippen molar-refractivity contribution in [3.63, 3.8) is 0 Å². The maximum absolute atomic E-state index is 12.8. The number of ketones is 1. The van der Waals surface area contributed by atoms with E-state index < -0.39 is 35.7 Å². The lowest BCUT2D eigenvalue weighted by atomic mass is 9.92. The summed E-state index contributed by atoms with van der Waals surface area (Å²) in [6.45, 7) is 0.377. The van der Waals surface area contributed by atoms with Crippen molar-refractivity contribution in [2.24, 2.45) is 23.1 Å². The van der Waals surface area contributed by atoms with Gasteiger partial charge in [0.2, 0.25) is 0 Å².